The molecule has 30 heteroatoms. The fourth-order valence-electron chi connectivity index (χ4n) is 12.7. The number of nitrogens with zero attached hydrogens (tertiary/aromatic N) is 13. The van der Waals surface area contributed by atoms with Crippen LogP contribution in [0.15, 0.2) is 183 Å². The van der Waals surface area contributed by atoms with Crippen LogP contribution in [-0.4, -0.2) is 185 Å². The Labute approximate surface area is 671 Å². The van der Waals surface area contributed by atoms with Crippen LogP contribution in [-0.2, 0) is 32.2 Å². The number of aromatic nitrogens is 9. The first-order chi connectivity index (χ1) is 53.6. The minimum absolute atomic E-state index is 0. The van der Waals surface area contributed by atoms with Gasteiger partial charge in [-0.15, -0.1) is 0 Å². The number of rotatable bonds is 20. The molecule has 0 spiro atoms. The van der Waals surface area contributed by atoms with Crippen molar-refractivity contribution in [2.45, 2.75) is 111 Å². The fourth-order valence-corrected chi connectivity index (χ4v) is 13.0. The van der Waals surface area contributed by atoms with Crippen molar-refractivity contribution in [3.63, 3.8) is 0 Å². The first kappa shape index (κ1) is 83.7. The van der Waals surface area contributed by atoms with Crippen molar-refractivity contribution in [3.05, 3.63) is 210 Å². The maximum absolute atomic E-state index is 12.7. The second kappa shape index (κ2) is 37.5. The van der Waals surface area contributed by atoms with E-state index in [0.717, 1.165) is 75.8 Å². The Bertz CT molecular complexity index is 5090. The number of carboxylic acids is 1. The molecule has 27 nitrogen and oxygen atoms in total. The Morgan fingerprint density at radius 2 is 0.929 bits per heavy atom. The van der Waals surface area contributed by atoms with E-state index in [4.69, 9.17) is 88.2 Å². The summed E-state index contributed by atoms with van der Waals surface area (Å²) in [5.74, 6) is 6.57. The molecule has 594 valence electrons. The Morgan fingerprint density at radius 1 is 0.531 bits per heavy atom. The number of H-pyrrole nitrogens is 1. The van der Waals surface area contributed by atoms with E-state index in [1.54, 1.807) is 83.9 Å². The molecule has 0 aliphatic carbocycles. The number of nitrogens with one attached hydrogen (secondary N) is 2. The van der Waals surface area contributed by atoms with Crippen molar-refractivity contribution in [3.8, 4) is 46.0 Å². The fraction of sp³-hybridized carbons (Fsp3) is 0.325. The lowest BCUT2D eigenvalue weighted by Crippen LogP contribution is -2.39. The first-order valence-electron chi connectivity index (χ1n) is 36.2. The molecule has 0 bridgehead atoms. The van der Waals surface area contributed by atoms with E-state index in [2.05, 4.69) is 48.4 Å². The molecular weight excluding hydrogens is 1510 g/mol. The number of fused-ring (bicyclic) bond motifs is 3. The zero-order valence-corrected chi connectivity index (χ0v) is 66.2. The molecule has 11 aromatic rings. The number of halogens is 3. The summed E-state index contributed by atoms with van der Waals surface area (Å²) in [7, 11) is 7.27. The standard InChI is InChI=1S/C30H34ClN5O4.C29H32ClN5O4.C20H20ClN5O2.C3H4O2.CH4/c1-30(2,3)40-29(37)35-17-15-22(19-35)34(4)28-26-25(39-24-12-8-21(31)9-13-24)14-16-32-27(26)36(33-28)18-20-6-10-23(38-5)11-7-20;1-29(2,3)39-28(36)34-16-14-21(18-34)32-26-25-24(38-23-11-7-20(30)8-12-23)13-15-31-27(25)35(33-26)17-19-5-9-22(37-4)10-6-19;1-3-17(27)26-11-9-14(12-26)25(2)20-18-16(8-10-22-19(18)23-24-20)28-15-6-4-13(21)5-7-15;1-2-3(4)5;/h6-14,16,22H,15,17-19H2,1-5H3;5-13,15,21H,14,16-18H2,1-4H3,(H,32,33);3-8,10,14H,1,9,11-12H2,2H3,(H,22,23,24);2H,1H2,(H,4,5);1H4/t22-;21-;14-;;/m111../s1. The van der Waals surface area contributed by atoms with Gasteiger partial charge >= 0.3 is 18.2 Å². The van der Waals surface area contributed by atoms with Crippen LogP contribution in [0.25, 0.3) is 33.1 Å². The van der Waals surface area contributed by atoms with E-state index in [1.165, 1.54) is 6.08 Å². The summed E-state index contributed by atoms with van der Waals surface area (Å²) in [6.07, 6.45) is 9.10. The number of methoxy groups -OCH3 is 2. The smallest absolute Gasteiger partial charge is 0.410 e. The van der Waals surface area contributed by atoms with E-state index in [9.17, 15) is 19.2 Å². The molecule has 113 heavy (non-hydrogen) atoms. The second-order valence-corrected chi connectivity index (χ2v) is 29.9. The molecule has 0 unspecified atom stereocenters. The molecular formula is C83H94Cl3N15O12. The van der Waals surface area contributed by atoms with Crippen molar-refractivity contribution >= 4 is 109 Å². The number of carbonyl (C=O) groups is 4. The number of hydrogen-bond acceptors (Lipinski definition) is 20. The van der Waals surface area contributed by atoms with Crippen LogP contribution in [0, 0.1) is 0 Å². The number of ether oxygens (including phenoxy) is 7. The van der Waals surface area contributed by atoms with Gasteiger partial charge in [0, 0.05) is 129 Å². The van der Waals surface area contributed by atoms with Gasteiger partial charge in [-0.3, -0.25) is 9.89 Å². The Morgan fingerprint density at radius 3 is 1.39 bits per heavy atom. The number of anilines is 3. The zero-order valence-electron chi connectivity index (χ0n) is 64.0. The quantitative estimate of drug-likeness (QED) is 0.0598. The number of carbonyl (C=O) groups excluding carboxylic acids is 3. The first-order valence-corrected chi connectivity index (χ1v) is 37.3. The molecule has 3 amide bonds. The Kier molecular flexibility index (Phi) is 27.7. The van der Waals surface area contributed by atoms with Gasteiger partial charge in [-0.05, 0) is 175 Å². The van der Waals surface area contributed by atoms with E-state index in [0.29, 0.717) is 125 Å². The van der Waals surface area contributed by atoms with Gasteiger partial charge in [0.1, 0.15) is 73.4 Å². The summed E-state index contributed by atoms with van der Waals surface area (Å²) in [4.78, 5) is 69.7. The van der Waals surface area contributed by atoms with Gasteiger partial charge in [0.05, 0.1) is 27.3 Å². The highest BCUT2D eigenvalue weighted by atomic mass is 35.5. The normalized spacial score (nSPS) is 15.1. The minimum atomic E-state index is -0.981. The van der Waals surface area contributed by atoms with Crippen LogP contribution in [0.4, 0.5) is 27.0 Å². The maximum Gasteiger partial charge on any atom is 0.410 e. The highest BCUT2D eigenvalue weighted by molar-refractivity contribution is 6.31. The van der Waals surface area contributed by atoms with E-state index in [-0.39, 0.29) is 43.6 Å². The van der Waals surface area contributed by atoms with Crippen molar-refractivity contribution in [2.24, 2.45) is 0 Å². The van der Waals surface area contributed by atoms with Gasteiger partial charge in [0.15, 0.2) is 34.4 Å². The SMILES string of the molecule is C.C=CC(=O)N1CC[C@@H](N(C)c2n[nH]c3nccc(Oc4ccc(Cl)cc4)c23)C1.C=CC(=O)O.COc1ccc(Cn2nc(N(C)[C@@H]3CCN(C(=O)OC(C)(C)C)C3)c3c(Oc4ccc(Cl)cc4)ccnc32)cc1.COc1ccc(Cn2nc(N[C@@H]3CCN(C(=O)OC(C)(C)C)C3)c3c(Oc4ccc(Cl)cc4)ccnc32)cc1. The van der Waals surface area contributed by atoms with E-state index < -0.39 is 17.2 Å². The van der Waals surface area contributed by atoms with Crippen LogP contribution in [0.2, 0.25) is 15.1 Å². The maximum atomic E-state index is 12.7. The second-order valence-electron chi connectivity index (χ2n) is 28.6. The number of aliphatic carboxylic acids is 1. The number of hydrogen-bond donors (Lipinski definition) is 3. The molecule has 3 saturated heterocycles. The van der Waals surface area contributed by atoms with Gasteiger partial charge in [0.25, 0.3) is 0 Å². The third-order valence-corrected chi connectivity index (χ3v) is 19.0. The number of carboxylic acid groups (broad SMARTS) is 1. The Hall–Kier alpha value is -11.8. The summed E-state index contributed by atoms with van der Waals surface area (Å²) < 4.78 is 44.2. The summed E-state index contributed by atoms with van der Waals surface area (Å²) in [6, 6.07) is 43.0. The molecule has 0 radical (unpaired) electrons. The topological polar surface area (TPSA) is 284 Å². The summed E-state index contributed by atoms with van der Waals surface area (Å²) in [5, 5.41) is 32.8. The lowest BCUT2D eigenvalue weighted by Gasteiger charge is -2.27. The average molecular weight is 1600 g/mol. The van der Waals surface area contributed by atoms with Crippen LogP contribution in [0.5, 0.6) is 46.0 Å². The summed E-state index contributed by atoms with van der Waals surface area (Å²) >= 11 is 18.1. The predicted octanol–water partition coefficient (Wildman–Crippen LogP) is 17.3. The molecule has 3 N–H and O–H groups in total. The highest BCUT2D eigenvalue weighted by Crippen LogP contribution is 2.41. The number of amides is 3. The Balaban J connectivity index is 0.000000176. The summed E-state index contributed by atoms with van der Waals surface area (Å²) in [5.41, 5.74) is 3.05. The van der Waals surface area contributed by atoms with Crippen molar-refractivity contribution < 1.29 is 57.4 Å². The van der Waals surface area contributed by atoms with Crippen molar-refractivity contribution in [2.75, 3.05) is 82.7 Å². The number of benzene rings is 5. The van der Waals surface area contributed by atoms with Crippen LogP contribution >= 0.6 is 34.8 Å². The van der Waals surface area contributed by atoms with Gasteiger partial charge in [-0.1, -0.05) is 79.7 Å². The molecule has 6 aromatic heterocycles. The molecule has 3 atom stereocenters. The molecule has 3 fully saturated rings. The molecule has 9 heterocycles. The van der Waals surface area contributed by atoms with E-state index in [1.807, 2.05) is 168 Å². The third kappa shape index (κ3) is 21.9. The van der Waals surface area contributed by atoms with Crippen LogP contribution < -0.4 is 38.8 Å². The molecule has 14 rings (SSSR count). The van der Waals surface area contributed by atoms with Gasteiger partial charge < -0.3 is 68.1 Å². The average Bonchev–Trinajstić information content (AvgIpc) is 1.60. The largest absolute Gasteiger partial charge is 0.497 e. The molecule has 0 saturated carbocycles. The van der Waals surface area contributed by atoms with E-state index >= 15 is 0 Å². The highest BCUT2D eigenvalue weighted by Gasteiger charge is 2.36. The minimum Gasteiger partial charge on any atom is -0.497 e. The lowest BCUT2D eigenvalue weighted by molar-refractivity contribution is -0.131. The van der Waals surface area contributed by atoms with Crippen molar-refractivity contribution in [1.29, 1.82) is 0 Å². The number of likely N-dealkylation sites (tertiary alicyclic amines) is 3. The summed E-state index contributed by atoms with van der Waals surface area (Å²) in [6.45, 7) is 22.4. The van der Waals surface area contributed by atoms with Crippen LogP contribution in [0.3, 0.4) is 0 Å². The zero-order chi connectivity index (χ0) is 80.0. The number of aromatic amines is 1. The third-order valence-electron chi connectivity index (χ3n) is 18.3. The lowest BCUT2D eigenvalue weighted by atomic mass is 10.2. The molecule has 3 aliphatic rings. The van der Waals surface area contributed by atoms with Crippen molar-refractivity contribution in [1.82, 2.24) is 59.4 Å². The van der Waals surface area contributed by atoms with Gasteiger partial charge in [-0.2, -0.15) is 15.3 Å². The molecule has 5 aromatic carbocycles. The number of likely N-dealkylation sites (N-methyl/N-ethyl adjacent to an activating group) is 2. The predicted molar refractivity (Wildman–Crippen MR) is 440 cm³/mol. The van der Waals surface area contributed by atoms with Gasteiger partial charge in [0.2, 0.25) is 5.91 Å². The monoisotopic (exact) mass is 1600 g/mol. The van der Waals surface area contributed by atoms with Crippen LogP contribution in [0.1, 0.15) is 79.4 Å². The molecule has 3 aliphatic heterocycles. The number of pyridine rings is 3. The van der Waals surface area contributed by atoms with Gasteiger partial charge in [-0.25, -0.2) is 38.7 Å².